The van der Waals surface area contributed by atoms with E-state index in [1.54, 1.807) is 158 Å². The number of hydrogen-bond acceptors (Lipinski definition) is 22. The van der Waals surface area contributed by atoms with Gasteiger partial charge in [0.25, 0.3) is 29.5 Å². The van der Waals surface area contributed by atoms with E-state index in [2.05, 4.69) is 100 Å². The molecule has 0 unspecified atom stereocenters. The standard InChI is InChI=1S/C19H16ClN3O2.C19H10F3N3O2.2C19H14N4O2.C19H13N3O2.CH4/c1-12-6-7-16(11-21-12)25-17-9-14(20)8-15(10-17)23-19(24)18-5-3-4-13(2)22-18;1-2-11-3-4-15(20)14(5-11)19(26)25-12-6-16(21)18(22)17(7-12)27-13-8-23-10-24-9-13;2*1-13-3-2-4-15(5-13)19(24)23-16-6-14(9-20)7-17(8-16)25-18-10-21-12-22-11-18;1-2-14-5-3-6-15(9-14)19(23)22-16-7-4-8-17(10-16)24-18-11-20-13-21-12-18;/h3-11H,1-2H3,(H,23,24);1,3-10H,(H,25,26);2*2-8,10-12H,1H3,(H,23,24);1,3-13H,(H,22,23);1H4. The highest BCUT2D eigenvalue weighted by molar-refractivity contribution is 6.31. The highest BCUT2D eigenvalue weighted by Crippen LogP contribution is 2.34. The molecule has 0 radical (unpaired) electrons. The van der Waals surface area contributed by atoms with Crippen molar-refractivity contribution in [3.05, 3.63) is 389 Å². The molecule has 0 aliphatic carbocycles. The molecule has 6 heterocycles. The van der Waals surface area contributed by atoms with Crippen LogP contribution in [0.3, 0.4) is 0 Å². The Morgan fingerprint density at radius 3 is 1.29 bits per heavy atom. The summed E-state index contributed by atoms with van der Waals surface area (Å²) in [7, 11) is 0. The second kappa shape index (κ2) is 45.5. The molecule has 9 aromatic carbocycles. The number of aryl methyl sites for hydroxylation is 4. The Hall–Kier alpha value is -17.9. The molecule has 15 aromatic rings. The van der Waals surface area contributed by atoms with E-state index in [1.165, 1.54) is 74.6 Å². The minimum Gasteiger partial charge on any atom is -0.456 e. The average Bonchev–Trinajstić information content (AvgIpc) is 0.796. The number of amides is 5. The van der Waals surface area contributed by atoms with Crippen molar-refractivity contribution in [2.24, 2.45) is 0 Å². The monoisotopic (exact) mass is 1710 g/mol. The molecule has 0 atom stereocenters. The first-order valence-corrected chi connectivity index (χ1v) is 37.7. The number of nitrogens with zero attached hydrogens (tertiary/aromatic N) is 12. The maximum atomic E-state index is 14.0. The fourth-order valence-corrected chi connectivity index (χ4v) is 11.2. The van der Waals surface area contributed by atoms with Crippen LogP contribution < -0.4 is 50.3 Å². The fraction of sp³-hybridized carbons (Fsp3) is 0.0521. The Morgan fingerprint density at radius 2 is 0.787 bits per heavy atom. The number of rotatable bonds is 20. The van der Waals surface area contributed by atoms with Gasteiger partial charge >= 0.3 is 0 Å². The lowest BCUT2D eigenvalue weighted by atomic mass is 10.1. The van der Waals surface area contributed by atoms with E-state index >= 15 is 0 Å². The molecule has 5 amide bonds. The quantitative estimate of drug-likeness (QED) is 0.0442. The van der Waals surface area contributed by atoms with Crippen molar-refractivity contribution in [3.63, 3.8) is 0 Å². The molecule has 0 aliphatic heterocycles. The van der Waals surface area contributed by atoms with Gasteiger partial charge in [-0.2, -0.15) is 14.9 Å². The molecule has 15 rings (SSSR count). The second-order valence-corrected chi connectivity index (χ2v) is 26.8. The van der Waals surface area contributed by atoms with Gasteiger partial charge in [-0.25, -0.2) is 53.6 Å². The number of halogens is 4. The van der Waals surface area contributed by atoms with Crippen LogP contribution in [0.4, 0.5) is 41.6 Å². The Morgan fingerprint density at radius 1 is 0.354 bits per heavy atom. The number of aromatic nitrogens is 10. The van der Waals surface area contributed by atoms with Gasteiger partial charge in [0, 0.05) is 109 Å². The second-order valence-electron chi connectivity index (χ2n) is 26.4. The summed E-state index contributed by atoms with van der Waals surface area (Å²) in [5, 5.41) is 32.3. The first kappa shape index (κ1) is 91.4. The Labute approximate surface area is 731 Å². The van der Waals surface area contributed by atoms with Gasteiger partial charge < -0.3 is 50.3 Å². The van der Waals surface area contributed by atoms with E-state index in [1.807, 2.05) is 70.2 Å². The third kappa shape index (κ3) is 28.4. The third-order valence-electron chi connectivity index (χ3n) is 16.6. The van der Waals surface area contributed by atoms with Crippen LogP contribution in [0.1, 0.15) is 104 Å². The van der Waals surface area contributed by atoms with Gasteiger partial charge in [-0.3, -0.25) is 29.0 Å². The van der Waals surface area contributed by atoms with Crippen LogP contribution in [0.25, 0.3) is 0 Å². The number of nitrogens with one attached hydrogen (secondary N) is 5. The number of nitriles is 2. The SMILES string of the molecule is C.C#Cc1ccc(F)c(C(=O)Nc2cc(F)c(F)c(Oc3cncnc3)c2)c1.C#Cc1cccc(C(=O)Nc2cccc(Oc3cncnc3)c2)c1.Cc1ccc(Oc2cc(Cl)cc(NC(=O)c3cccc(C)n3)c2)cn1.Cc1cccc(C(=O)Nc2cc(C#N)cc(Oc3cncnc3)c2)c1.Cc1cccc(C(=O)Nc2cc(C#N)cc(Oc3cncnc3)c2)c1. The highest BCUT2D eigenvalue weighted by atomic mass is 35.5. The van der Waals surface area contributed by atoms with E-state index in [9.17, 15) is 47.7 Å². The zero-order chi connectivity index (χ0) is 89.3. The largest absolute Gasteiger partial charge is 0.456 e. The predicted octanol–water partition coefficient (Wildman–Crippen LogP) is 20.3. The van der Waals surface area contributed by atoms with Crippen molar-refractivity contribution >= 4 is 69.6 Å². The molecular formula is C96H71ClF3N17O10. The van der Waals surface area contributed by atoms with E-state index in [0.29, 0.717) is 118 Å². The molecule has 0 spiro atoms. The predicted molar refractivity (Wildman–Crippen MR) is 471 cm³/mol. The van der Waals surface area contributed by atoms with E-state index in [-0.39, 0.29) is 48.1 Å². The molecule has 27 nitrogen and oxygen atoms in total. The van der Waals surface area contributed by atoms with Gasteiger partial charge in [0.15, 0.2) is 34.6 Å². The molecule has 31 heteroatoms. The van der Waals surface area contributed by atoms with Crippen molar-refractivity contribution in [1.82, 2.24) is 49.8 Å². The molecular weight excluding hydrogens is 1640 g/mol. The normalized spacial score (nSPS) is 9.95. The topological polar surface area (TPSA) is 368 Å². The van der Waals surface area contributed by atoms with Crippen molar-refractivity contribution in [3.8, 4) is 94.3 Å². The summed E-state index contributed by atoms with van der Waals surface area (Å²) in [6.45, 7) is 7.57. The lowest BCUT2D eigenvalue weighted by Crippen LogP contribution is -2.14. The zero-order valence-corrected chi connectivity index (χ0v) is 67.6. The minimum atomic E-state index is -1.27. The Balaban J connectivity index is 0.000000165. The minimum absolute atomic E-state index is 0. The van der Waals surface area contributed by atoms with Gasteiger partial charge in [0.05, 0.1) is 84.6 Å². The summed E-state index contributed by atoms with van der Waals surface area (Å²) in [4.78, 5) is 101. The molecule has 6 aromatic heterocycles. The van der Waals surface area contributed by atoms with E-state index < -0.39 is 29.1 Å². The molecule has 0 aliphatic rings. The number of anilines is 5. The maximum Gasteiger partial charge on any atom is 0.274 e. The van der Waals surface area contributed by atoms with Crippen molar-refractivity contribution in [1.29, 1.82) is 10.5 Å². The summed E-state index contributed by atoms with van der Waals surface area (Å²) >= 11 is 6.13. The van der Waals surface area contributed by atoms with Crippen LogP contribution >= 0.6 is 11.6 Å². The Bertz CT molecular complexity index is 6450. The van der Waals surface area contributed by atoms with E-state index in [4.69, 9.17) is 48.1 Å². The van der Waals surface area contributed by atoms with Crippen LogP contribution in [0, 0.1) is 92.5 Å². The number of benzene rings is 9. The van der Waals surface area contributed by atoms with Crippen LogP contribution in [0.2, 0.25) is 5.02 Å². The lowest BCUT2D eigenvalue weighted by Gasteiger charge is -2.11. The molecule has 5 N–H and O–H groups in total. The average molecular weight is 1720 g/mol. The Kier molecular flexibility index (Phi) is 32.8. The van der Waals surface area contributed by atoms with Crippen molar-refractivity contribution < 1.29 is 60.8 Å². The third-order valence-corrected chi connectivity index (χ3v) is 16.8. The van der Waals surface area contributed by atoms with Crippen LogP contribution in [0.15, 0.2) is 293 Å². The van der Waals surface area contributed by atoms with Gasteiger partial charge in [-0.1, -0.05) is 84.5 Å². The van der Waals surface area contributed by atoms with E-state index in [0.717, 1.165) is 40.7 Å². The van der Waals surface area contributed by atoms with Gasteiger partial charge in [-0.15, -0.1) is 12.8 Å². The van der Waals surface area contributed by atoms with Crippen LogP contribution in [-0.2, 0) is 0 Å². The number of carbonyl (C=O) groups excluding carboxylic acids is 5. The zero-order valence-electron chi connectivity index (χ0n) is 66.8. The number of terminal acetylenes is 2. The molecule has 0 saturated carbocycles. The number of ether oxygens (including phenoxy) is 5. The van der Waals surface area contributed by atoms with Gasteiger partial charge in [0.1, 0.15) is 65.6 Å². The van der Waals surface area contributed by atoms with Crippen LogP contribution in [-0.4, -0.2) is 79.4 Å². The lowest BCUT2D eigenvalue weighted by molar-refractivity contribution is 0.101. The number of pyridine rings is 2. The first-order chi connectivity index (χ1) is 61.0. The maximum absolute atomic E-state index is 14.0. The number of hydrogen-bond donors (Lipinski definition) is 5. The van der Waals surface area contributed by atoms with Crippen molar-refractivity contribution in [2.75, 3.05) is 26.6 Å². The molecule has 127 heavy (non-hydrogen) atoms. The molecule has 0 fully saturated rings. The number of carbonyl (C=O) groups is 5. The smallest absolute Gasteiger partial charge is 0.274 e. The summed E-state index contributed by atoms with van der Waals surface area (Å²) in [5.41, 5.74) is 8.86. The highest BCUT2D eigenvalue weighted by Gasteiger charge is 2.20. The molecule has 628 valence electrons. The summed E-state index contributed by atoms with van der Waals surface area (Å²) < 4.78 is 69.5. The summed E-state index contributed by atoms with van der Waals surface area (Å²) in [6.07, 6.45) is 29.3. The van der Waals surface area contributed by atoms with Crippen LogP contribution in [0.5, 0.6) is 57.5 Å². The summed E-state index contributed by atoms with van der Waals surface area (Å²) in [5.74, 6) is 2.93. The fourth-order valence-electron chi connectivity index (χ4n) is 11.0. The molecule has 0 bridgehead atoms. The first-order valence-electron chi connectivity index (χ1n) is 37.3. The van der Waals surface area contributed by atoms with Gasteiger partial charge in [-0.05, 0) is 161 Å². The molecule has 0 saturated heterocycles. The van der Waals surface area contributed by atoms with Crippen molar-refractivity contribution in [2.45, 2.75) is 35.1 Å². The summed E-state index contributed by atoms with van der Waals surface area (Å²) in [6, 6.07) is 61.5. The van der Waals surface area contributed by atoms with Gasteiger partial charge in [0.2, 0.25) is 5.82 Å².